The van der Waals surface area contributed by atoms with Crippen molar-refractivity contribution in [3.63, 3.8) is 0 Å². The molecule has 0 aromatic heterocycles. The molecule has 7 heteroatoms. The van der Waals surface area contributed by atoms with Gasteiger partial charge >= 0.3 is 0 Å². The lowest BCUT2D eigenvalue weighted by Crippen LogP contribution is -2.45. The second kappa shape index (κ2) is 12.9. The Labute approximate surface area is 187 Å². The van der Waals surface area contributed by atoms with Gasteiger partial charge in [-0.05, 0) is 43.9 Å². The van der Waals surface area contributed by atoms with Gasteiger partial charge in [0.05, 0.1) is 0 Å². The molecule has 0 saturated carbocycles. The Morgan fingerprint density at radius 2 is 1.96 bits per heavy atom. The lowest BCUT2D eigenvalue weighted by molar-refractivity contribution is -0.129. The number of carbonyl (C=O) groups excluding carboxylic acids is 1. The van der Waals surface area contributed by atoms with Crippen LogP contribution in [0.2, 0.25) is 0 Å². The molecule has 1 saturated heterocycles. The van der Waals surface area contributed by atoms with Gasteiger partial charge in [0.1, 0.15) is 0 Å². The predicted octanol–water partition coefficient (Wildman–Crippen LogP) is 2.87. The van der Waals surface area contributed by atoms with Crippen molar-refractivity contribution in [2.75, 3.05) is 45.2 Å². The van der Waals surface area contributed by atoms with Gasteiger partial charge in [-0.3, -0.25) is 9.79 Å². The number of likely N-dealkylation sites (tertiary alicyclic amines) is 1. The number of benzene rings is 1. The van der Waals surface area contributed by atoms with Gasteiger partial charge in [-0.15, -0.1) is 24.0 Å². The lowest BCUT2D eigenvalue weighted by Gasteiger charge is -2.18. The van der Waals surface area contributed by atoms with Crippen molar-refractivity contribution in [3.8, 4) is 0 Å². The van der Waals surface area contributed by atoms with Crippen LogP contribution >= 0.6 is 24.0 Å². The first-order valence-corrected chi connectivity index (χ1v) is 10.1. The molecule has 1 heterocycles. The van der Waals surface area contributed by atoms with Gasteiger partial charge in [0.25, 0.3) is 0 Å². The van der Waals surface area contributed by atoms with Gasteiger partial charge in [-0.25, -0.2) is 0 Å². The maximum atomic E-state index is 11.8. The van der Waals surface area contributed by atoms with Crippen LogP contribution in [0.15, 0.2) is 29.3 Å². The minimum atomic E-state index is 0. The minimum absolute atomic E-state index is 0. The quantitative estimate of drug-likeness (QED) is 0.249. The molecule has 1 aromatic rings. The molecule has 2 N–H and O–H groups in total. The molecule has 1 fully saturated rings. The van der Waals surface area contributed by atoms with E-state index in [4.69, 9.17) is 4.99 Å². The Morgan fingerprint density at radius 1 is 1.25 bits per heavy atom. The highest BCUT2D eigenvalue weighted by Gasteiger charge is 2.25. The molecule has 6 nitrogen and oxygen atoms in total. The lowest BCUT2D eigenvalue weighted by atomic mass is 10.1. The molecule has 1 amide bonds. The second-order valence-electron chi connectivity index (χ2n) is 7.25. The molecule has 0 aliphatic carbocycles. The molecule has 2 rings (SSSR count). The van der Waals surface area contributed by atoms with E-state index in [9.17, 15) is 4.79 Å². The molecule has 1 aromatic carbocycles. The van der Waals surface area contributed by atoms with Crippen molar-refractivity contribution in [2.45, 2.75) is 45.6 Å². The Balaban J connectivity index is 0.00000392. The summed E-state index contributed by atoms with van der Waals surface area (Å²) in [7, 11) is 4.11. The third kappa shape index (κ3) is 7.85. The molecular formula is C21H36IN5O. The SMILES string of the molecule is CCNC(=NCCCc1ccc(N(C)C)cc1)NC1CCN(C(=O)CC)C1.I. The van der Waals surface area contributed by atoms with E-state index in [0.717, 1.165) is 51.4 Å². The number of hydrogen-bond acceptors (Lipinski definition) is 3. The number of nitrogens with zero attached hydrogens (tertiary/aromatic N) is 3. The van der Waals surface area contributed by atoms with Gasteiger partial charge in [0, 0.05) is 58.4 Å². The summed E-state index contributed by atoms with van der Waals surface area (Å²) in [6, 6.07) is 9.00. The third-order valence-electron chi connectivity index (χ3n) is 4.87. The summed E-state index contributed by atoms with van der Waals surface area (Å²) in [5.41, 5.74) is 2.57. The number of anilines is 1. The summed E-state index contributed by atoms with van der Waals surface area (Å²) < 4.78 is 0. The molecule has 1 atom stereocenters. The van der Waals surface area contributed by atoms with Crippen molar-refractivity contribution in [2.24, 2.45) is 4.99 Å². The molecule has 1 aliphatic heterocycles. The van der Waals surface area contributed by atoms with Crippen LogP contribution < -0.4 is 15.5 Å². The van der Waals surface area contributed by atoms with Crippen molar-refractivity contribution >= 4 is 41.5 Å². The van der Waals surface area contributed by atoms with Gasteiger partial charge in [0.2, 0.25) is 5.91 Å². The Bertz CT molecular complexity index is 618. The summed E-state index contributed by atoms with van der Waals surface area (Å²) in [6.45, 7) is 7.23. The Kier molecular flexibility index (Phi) is 11.3. The zero-order valence-electron chi connectivity index (χ0n) is 17.7. The van der Waals surface area contributed by atoms with E-state index in [1.54, 1.807) is 0 Å². The number of guanidine groups is 1. The smallest absolute Gasteiger partial charge is 0.222 e. The zero-order chi connectivity index (χ0) is 19.6. The average molecular weight is 501 g/mol. The fourth-order valence-corrected chi connectivity index (χ4v) is 3.28. The van der Waals surface area contributed by atoms with Crippen LogP contribution in [0.4, 0.5) is 5.69 Å². The van der Waals surface area contributed by atoms with E-state index in [0.29, 0.717) is 6.42 Å². The summed E-state index contributed by atoms with van der Waals surface area (Å²) in [5, 5.41) is 6.80. The third-order valence-corrected chi connectivity index (χ3v) is 4.87. The predicted molar refractivity (Wildman–Crippen MR) is 129 cm³/mol. The second-order valence-corrected chi connectivity index (χ2v) is 7.25. The van der Waals surface area contributed by atoms with Gasteiger partial charge in [-0.2, -0.15) is 0 Å². The monoisotopic (exact) mass is 501 g/mol. The van der Waals surface area contributed by atoms with E-state index in [2.05, 4.69) is 60.8 Å². The van der Waals surface area contributed by atoms with E-state index >= 15 is 0 Å². The molecule has 1 aliphatic rings. The van der Waals surface area contributed by atoms with Gasteiger partial charge in [0.15, 0.2) is 5.96 Å². The maximum absolute atomic E-state index is 11.8. The first-order chi connectivity index (χ1) is 13.0. The van der Waals surface area contributed by atoms with E-state index in [1.807, 2.05) is 11.8 Å². The minimum Gasteiger partial charge on any atom is -0.378 e. The maximum Gasteiger partial charge on any atom is 0.222 e. The fraction of sp³-hybridized carbons (Fsp3) is 0.619. The standard InChI is InChI=1S/C21H35N5O.HI/c1-5-20(27)26-15-13-18(16-26)24-21(22-6-2)23-14-7-8-17-9-11-19(12-10-17)25(3)4;/h9-12,18H,5-8,13-16H2,1-4H3,(H2,22,23,24);1H. The zero-order valence-corrected chi connectivity index (χ0v) is 20.0. The van der Waals surface area contributed by atoms with Crippen LogP contribution in [0.25, 0.3) is 0 Å². The number of amides is 1. The molecule has 0 bridgehead atoms. The topological polar surface area (TPSA) is 60.0 Å². The first kappa shape index (κ1) is 24.5. The number of aliphatic imine (C=N–C) groups is 1. The van der Waals surface area contributed by atoms with Gasteiger partial charge < -0.3 is 20.4 Å². The highest BCUT2D eigenvalue weighted by molar-refractivity contribution is 14.0. The Morgan fingerprint density at radius 3 is 2.57 bits per heavy atom. The fourth-order valence-electron chi connectivity index (χ4n) is 3.28. The highest BCUT2D eigenvalue weighted by Crippen LogP contribution is 2.13. The van der Waals surface area contributed by atoms with Crippen LogP contribution in [-0.4, -0.2) is 63.1 Å². The van der Waals surface area contributed by atoms with Crippen LogP contribution in [0.5, 0.6) is 0 Å². The number of hydrogen-bond donors (Lipinski definition) is 2. The van der Waals surface area contributed by atoms with Crippen molar-refractivity contribution in [3.05, 3.63) is 29.8 Å². The van der Waals surface area contributed by atoms with Crippen LogP contribution in [0.1, 0.15) is 38.7 Å². The average Bonchev–Trinajstić information content (AvgIpc) is 3.13. The molecule has 1 unspecified atom stereocenters. The summed E-state index contributed by atoms with van der Waals surface area (Å²) in [4.78, 5) is 20.6. The molecule has 28 heavy (non-hydrogen) atoms. The van der Waals surface area contributed by atoms with Crippen molar-refractivity contribution in [1.82, 2.24) is 15.5 Å². The van der Waals surface area contributed by atoms with E-state index in [-0.39, 0.29) is 35.9 Å². The summed E-state index contributed by atoms with van der Waals surface area (Å²) in [6.07, 6.45) is 3.60. The van der Waals surface area contributed by atoms with E-state index < -0.39 is 0 Å². The number of rotatable bonds is 8. The molecule has 0 radical (unpaired) electrons. The molecule has 0 spiro atoms. The van der Waals surface area contributed by atoms with Crippen LogP contribution in [0.3, 0.4) is 0 Å². The molecule has 158 valence electrons. The normalized spacial score (nSPS) is 16.5. The molecular weight excluding hydrogens is 465 g/mol. The van der Waals surface area contributed by atoms with Crippen LogP contribution in [0, 0.1) is 0 Å². The Hall–Kier alpha value is -1.51. The van der Waals surface area contributed by atoms with E-state index in [1.165, 1.54) is 11.3 Å². The summed E-state index contributed by atoms with van der Waals surface area (Å²) >= 11 is 0. The number of carbonyl (C=O) groups is 1. The largest absolute Gasteiger partial charge is 0.378 e. The van der Waals surface area contributed by atoms with Gasteiger partial charge in [-0.1, -0.05) is 19.1 Å². The van der Waals surface area contributed by atoms with Crippen molar-refractivity contribution < 1.29 is 4.79 Å². The first-order valence-electron chi connectivity index (χ1n) is 10.1. The summed E-state index contributed by atoms with van der Waals surface area (Å²) in [5.74, 6) is 1.10. The number of aryl methyl sites for hydroxylation is 1. The van der Waals surface area contributed by atoms with Crippen molar-refractivity contribution in [1.29, 1.82) is 0 Å². The highest BCUT2D eigenvalue weighted by atomic mass is 127. The number of halogens is 1. The number of nitrogens with one attached hydrogen (secondary N) is 2. The van der Waals surface area contributed by atoms with Crippen LogP contribution in [-0.2, 0) is 11.2 Å².